The molecule has 1 atom stereocenters. The first-order valence-corrected chi connectivity index (χ1v) is 8.05. The molecule has 0 spiro atoms. The second-order valence-corrected chi connectivity index (χ2v) is 6.45. The van der Waals surface area contributed by atoms with Gasteiger partial charge in [0.1, 0.15) is 6.04 Å². The van der Waals surface area contributed by atoms with Crippen LogP contribution in [-0.4, -0.2) is 25.1 Å². The Bertz CT molecular complexity index is 522. The highest BCUT2D eigenvalue weighted by Gasteiger charge is 2.28. The van der Waals surface area contributed by atoms with Gasteiger partial charge in [-0.25, -0.2) is 0 Å². The van der Waals surface area contributed by atoms with Crippen LogP contribution in [0.15, 0.2) is 60.7 Å². The molecule has 120 valence electrons. The van der Waals surface area contributed by atoms with Crippen LogP contribution in [0, 0.1) is 0 Å². The summed E-state index contributed by atoms with van der Waals surface area (Å²) in [5.74, 6) is 0. The van der Waals surface area contributed by atoms with Gasteiger partial charge in [-0.15, -0.1) is 0 Å². The molecule has 2 aromatic rings. The van der Waals surface area contributed by atoms with Gasteiger partial charge in [-0.2, -0.15) is 0 Å². The number of likely N-dealkylation sites (N-methyl/N-ethyl adjacent to an activating group) is 1. The standard InChI is InChI=1S/C20H28N.BrH/c1-4-11-20(19-14-9-6-10-15-19)21(2,3)17-16-18-12-7-5-8-13-18;/h5-10,12-15,20H,4,11,16-17H2,1-3H3;1H/q+1;/p-1. The zero-order valence-electron chi connectivity index (χ0n) is 14.0. The number of rotatable bonds is 7. The van der Waals surface area contributed by atoms with E-state index in [2.05, 4.69) is 81.7 Å². The molecule has 0 N–H and O–H groups in total. The van der Waals surface area contributed by atoms with Crippen LogP contribution < -0.4 is 17.0 Å². The Labute approximate surface area is 146 Å². The van der Waals surface area contributed by atoms with Gasteiger partial charge in [0.2, 0.25) is 0 Å². The van der Waals surface area contributed by atoms with Crippen molar-refractivity contribution < 1.29 is 21.5 Å². The summed E-state index contributed by atoms with van der Waals surface area (Å²) in [5, 5.41) is 0. The molecule has 1 unspecified atom stereocenters. The van der Waals surface area contributed by atoms with E-state index in [0.29, 0.717) is 6.04 Å². The Hall–Kier alpha value is -1.12. The first kappa shape index (κ1) is 18.9. The van der Waals surface area contributed by atoms with E-state index in [1.54, 1.807) is 0 Å². The number of benzene rings is 2. The Morgan fingerprint density at radius 2 is 1.41 bits per heavy atom. The third-order valence-corrected chi connectivity index (χ3v) is 4.41. The van der Waals surface area contributed by atoms with Gasteiger partial charge in [0.25, 0.3) is 0 Å². The fourth-order valence-electron chi connectivity index (χ4n) is 3.09. The van der Waals surface area contributed by atoms with E-state index < -0.39 is 0 Å². The van der Waals surface area contributed by atoms with Gasteiger partial charge in [-0.05, 0) is 5.56 Å². The molecule has 0 fully saturated rings. The van der Waals surface area contributed by atoms with Gasteiger partial charge in [0.15, 0.2) is 0 Å². The SMILES string of the molecule is CCCC(c1ccccc1)[N+](C)(C)CCc1ccccc1.[Br-]. The molecule has 0 aromatic heterocycles. The van der Waals surface area contributed by atoms with E-state index in [0.717, 1.165) is 10.9 Å². The highest BCUT2D eigenvalue weighted by molar-refractivity contribution is 5.18. The first-order chi connectivity index (χ1) is 10.1. The molecular weight excluding hydrogens is 334 g/mol. The lowest BCUT2D eigenvalue weighted by molar-refractivity contribution is -0.921. The molecule has 0 aliphatic heterocycles. The Balaban J connectivity index is 0.00000242. The van der Waals surface area contributed by atoms with E-state index in [9.17, 15) is 0 Å². The molecule has 0 radical (unpaired) electrons. The second kappa shape index (κ2) is 9.12. The Morgan fingerprint density at radius 3 is 1.95 bits per heavy atom. The fraction of sp³-hybridized carbons (Fsp3) is 0.400. The predicted octanol–water partition coefficient (Wildman–Crippen LogP) is 1.85. The summed E-state index contributed by atoms with van der Waals surface area (Å²) in [4.78, 5) is 0. The van der Waals surface area contributed by atoms with Gasteiger partial charge >= 0.3 is 0 Å². The van der Waals surface area contributed by atoms with E-state index in [4.69, 9.17) is 0 Å². The molecule has 0 aliphatic rings. The van der Waals surface area contributed by atoms with Crippen molar-refractivity contribution >= 4 is 0 Å². The highest BCUT2D eigenvalue weighted by atomic mass is 79.9. The van der Waals surface area contributed by atoms with Crippen molar-refractivity contribution in [1.29, 1.82) is 0 Å². The summed E-state index contributed by atoms with van der Waals surface area (Å²) >= 11 is 0. The molecule has 0 saturated carbocycles. The minimum Gasteiger partial charge on any atom is -1.00 e. The largest absolute Gasteiger partial charge is 1.00 e. The molecule has 0 heterocycles. The molecule has 0 saturated heterocycles. The minimum atomic E-state index is 0. The van der Waals surface area contributed by atoms with Gasteiger partial charge in [0, 0.05) is 18.4 Å². The van der Waals surface area contributed by atoms with Crippen LogP contribution in [-0.2, 0) is 6.42 Å². The van der Waals surface area contributed by atoms with Crippen molar-refractivity contribution in [2.45, 2.75) is 32.2 Å². The molecule has 2 aromatic carbocycles. The smallest absolute Gasteiger partial charge is 0.114 e. The maximum Gasteiger partial charge on any atom is 0.114 e. The van der Waals surface area contributed by atoms with E-state index in [-0.39, 0.29) is 17.0 Å². The van der Waals surface area contributed by atoms with Crippen molar-refractivity contribution in [1.82, 2.24) is 0 Å². The molecule has 2 rings (SSSR count). The third kappa shape index (κ3) is 5.26. The third-order valence-electron chi connectivity index (χ3n) is 4.41. The monoisotopic (exact) mass is 361 g/mol. The van der Waals surface area contributed by atoms with E-state index in [1.165, 1.54) is 30.5 Å². The number of nitrogens with zero attached hydrogens (tertiary/aromatic N) is 1. The average Bonchev–Trinajstić information content (AvgIpc) is 2.52. The molecule has 0 aliphatic carbocycles. The maximum atomic E-state index is 2.37. The van der Waals surface area contributed by atoms with Crippen molar-refractivity contribution in [3.63, 3.8) is 0 Å². The summed E-state index contributed by atoms with van der Waals surface area (Å²) in [5.41, 5.74) is 2.91. The molecule has 0 bridgehead atoms. The van der Waals surface area contributed by atoms with E-state index in [1.807, 2.05) is 0 Å². The minimum absolute atomic E-state index is 0. The summed E-state index contributed by atoms with van der Waals surface area (Å²) in [6.07, 6.45) is 3.61. The lowest BCUT2D eigenvalue weighted by Gasteiger charge is -2.38. The van der Waals surface area contributed by atoms with Gasteiger partial charge < -0.3 is 21.5 Å². The average molecular weight is 362 g/mol. The second-order valence-electron chi connectivity index (χ2n) is 6.45. The molecule has 0 amide bonds. The number of hydrogen-bond acceptors (Lipinski definition) is 0. The van der Waals surface area contributed by atoms with Crippen molar-refractivity contribution in [2.75, 3.05) is 20.6 Å². The highest BCUT2D eigenvalue weighted by Crippen LogP contribution is 2.29. The number of halogens is 1. The molecule has 22 heavy (non-hydrogen) atoms. The van der Waals surface area contributed by atoms with Crippen LogP contribution in [0.4, 0.5) is 0 Å². The van der Waals surface area contributed by atoms with Crippen molar-refractivity contribution in [3.05, 3.63) is 71.8 Å². The fourth-order valence-corrected chi connectivity index (χ4v) is 3.09. The van der Waals surface area contributed by atoms with Crippen LogP contribution in [0.5, 0.6) is 0 Å². The summed E-state index contributed by atoms with van der Waals surface area (Å²) in [6.45, 7) is 3.46. The number of hydrogen-bond donors (Lipinski definition) is 0. The summed E-state index contributed by atoms with van der Waals surface area (Å²) in [7, 11) is 4.74. The Kier molecular flexibility index (Phi) is 7.84. The normalized spacial score (nSPS) is 12.5. The quantitative estimate of drug-likeness (QED) is 0.660. The van der Waals surface area contributed by atoms with Gasteiger partial charge in [-0.3, -0.25) is 0 Å². The molecule has 2 heteroatoms. The predicted molar refractivity (Wildman–Crippen MR) is 91.2 cm³/mol. The zero-order valence-corrected chi connectivity index (χ0v) is 15.6. The first-order valence-electron chi connectivity index (χ1n) is 8.05. The zero-order chi connectivity index (χ0) is 15.1. The van der Waals surface area contributed by atoms with Crippen LogP contribution in [0.1, 0.15) is 36.9 Å². The lowest BCUT2D eigenvalue weighted by Crippen LogP contribution is -3.00. The lowest BCUT2D eigenvalue weighted by atomic mass is 9.98. The van der Waals surface area contributed by atoms with E-state index >= 15 is 0 Å². The van der Waals surface area contributed by atoms with Crippen molar-refractivity contribution in [3.8, 4) is 0 Å². The van der Waals surface area contributed by atoms with Crippen LogP contribution in [0.3, 0.4) is 0 Å². The Morgan fingerprint density at radius 1 is 0.864 bits per heavy atom. The van der Waals surface area contributed by atoms with Crippen molar-refractivity contribution in [2.24, 2.45) is 0 Å². The maximum absolute atomic E-state index is 2.37. The van der Waals surface area contributed by atoms with Gasteiger partial charge in [0.05, 0.1) is 20.6 Å². The summed E-state index contributed by atoms with van der Waals surface area (Å²) < 4.78 is 1.05. The molecular formula is C20H28BrN. The van der Waals surface area contributed by atoms with Crippen LogP contribution in [0.25, 0.3) is 0 Å². The van der Waals surface area contributed by atoms with Crippen LogP contribution in [0.2, 0.25) is 0 Å². The van der Waals surface area contributed by atoms with Crippen LogP contribution >= 0.6 is 0 Å². The number of quaternary nitrogens is 1. The topological polar surface area (TPSA) is 0 Å². The van der Waals surface area contributed by atoms with Gasteiger partial charge in [-0.1, -0.05) is 74.0 Å². The summed E-state index contributed by atoms with van der Waals surface area (Å²) in [6, 6.07) is 22.4. The molecule has 1 nitrogen and oxygen atoms in total.